The number of pyridine rings is 1. The smallest absolute Gasteiger partial charge is 0.303 e. The zero-order valence-corrected chi connectivity index (χ0v) is 7.69. The SMILES string of the molecule is CC(=O)OCc1nccc2ccoc12. The van der Waals surface area contributed by atoms with Crippen LogP contribution in [0, 0.1) is 0 Å². The second kappa shape index (κ2) is 3.49. The molecule has 2 rings (SSSR count). The molecule has 4 heteroatoms. The van der Waals surface area contributed by atoms with Crippen LogP contribution in [0.3, 0.4) is 0 Å². The van der Waals surface area contributed by atoms with Crippen LogP contribution in [-0.4, -0.2) is 11.0 Å². The summed E-state index contributed by atoms with van der Waals surface area (Å²) in [6, 6.07) is 3.68. The molecule has 0 bridgehead atoms. The second-order valence-electron chi connectivity index (χ2n) is 2.88. The van der Waals surface area contributed by atoms with Crippen molar-refractivity contribution >= 4 is 16.9 Å². The van der Waals surface area contributed by atoms with Crippen LogP contribution in [0.4, 0.5) is 0 Å². The van der Waals surface area contributed by atoms with E-state index in [1.165, 1.54) is 6.92 Å². The highest BCUT2D eigenvalue weighted by Gasteiger charge is 2.06. The third-order valence-electron chi connectivity index (χ3n) is 1.85. The summed E-state index contributed by atoms with van der Waals surface area (Å²) in [5.74, 6) is -0.324. The van der Waals surface area contributed by atoms with Crippen molar-refractivity contribution in [3.8, 4) is 0 Å². The van der Waals surface area contributed by atoms with Crippen molar-refractivity contribution in [3.05, 3.63) is 30.3 Å². The number of hydrogen-bond donors (Lipinski definition) is 0. The lowest BCUT2D eigenvalue weighted by Crippen LogP contribution is -2.00. The van der Waals surface area contributed by atoms with Gasteiger partial charge in [0, 0.05) is 18.5 Å². The average molecular weight is 191 g/mol. The van der Waals surface area contributed by atoms with Gasteiger partial charge in [-0.1, -0.05) is 0 Å². The van der Waals surface area contributed by atoms with Crippen molar-refractivity contribution in [2.24, 2.45) is 0 Å². The molecule has 0 fully saturated rings. The Hall–Kier alpha value is -1.84. The zero-order valence-electron chi connectivity index (χ0n) is 7.69. The van der Waals surface area contributed by atoms with E-state index in [1.807, 2.05) is 12.1 Å². The maximum atomic E-state index is 10.6. The van der Waals surface area contributed by atoms with Gasteiger partial charge < -0.3 is 9.15 Å². The van der Waals surface area contributed by atoms with Crippen LogP contribution >= 0.6 is 0 Å². The molecule has 2 aromatic rings. The van der Waals surface area contributed by atoms with Crippen molar-refractivity contribution in [2.75, 3.05) is 0 Å². The first-order valence-corrected chi connectivity index (χ1v) is 4.22. The van der Waals surface area contributed by atoms with Crippen LogP contribution in [0.25, 0.3) is 11.0 Å². The molecular formula is C10H9NO3. The Bertz CT molecular complexity index is 461. The number of carbonyl (C=O) groups is 1. The number of carbonyl (C=O) groups excluding carboxylic acids is 1. The van der Waals surface area contributed by atoms with Crippen LogP contribution in [0.5, 0.6) is 0 Å². The van der Waals surface area contributed by atoms with Gasteiger partial charge in [-0.15, -0.1) is 0 Å². The molecule has 0 saturated heterocycles. The molecule has 0 aliphatic carbocycles. The molecule has 0 atom stereocenters. The van der Waals surface area contributed by atoms with Crippen molar-refractivity contribution in [2.45, 2.75) is 13.5 Å². The summed E-state index contributed by atoms with van der Waals surface area (Å²) in [5.41, 5.74) is 1.32. The van der Waals surface area contributed by atoms with Crippen LogP contribution < -0.4 is 0 Å². The van der Waals surface area contributed by atoms with Gasteiger partial charge in [0.2, 0.25) is 0 Å². The van der Waals surface area contributed by atoms with Crippen LogP contribution in [0.2, 0.25) is 0 Å². The molecule has 0 N–H and O–H groups in total. The Labute approximate surface area is 80.5 Å². The summed E-state index contributed by atoms with van der Waals surface area (Å²) >= 11 is 0. The Morgan fingerprint density at radius 3 is 3.21 bits per heavy atom. The molecule has 2 aromatic heterocycles. The lowest BCUT2D eigenvalue weighted by molar-refractivity contribution is -0.142. The van der Waals surface area contributed by atoms with E-state index < -0.39 is 0 Å². The maximum absolute atomic E-state index is 10.6. The third-order valence-corrected chi connectivity index (χ3v) is 1.85. The lowest BCUT2D eigenvalue weighted by atomic mass is 10.3. The monoisotopic (exact) mass is 191 g/mol. The Morgan fingerprint density at radius 1 is 1.57 bits per heavy atom. The van der Waals surface area contributed by atoms with Gasteiger partial charge in [0.25, 0.3) is 0 Å². The molecule has 0 amide bonds. The number of esters is 1. The maximum Gasteiger partial charge on any atom is 0.303 e. The topological polar surface area (TPSA) is 52.3 Å². The molecule has 72 valence electrons. The van der Waals surface area contributed by atoms with Crippen LogP contribution in [-0.2, 0) is 16.1 Å². The summed E-state index contributed by atoms with van der Waals surface area (Å²) < 4.78 is 10.1. The second-order valence-corrected chi connectivity index (χ2v) is 2.88. The molecule has 0 aromatic carbocycles. The van der Waals surface area contributed by atoms with Crippen molar-refractivity contribution in [1.82, 2.24) is 4.98 Å². The molecule has 2 heterocycles. The molecular weight excluding hydrogens is 182 g/mol. The average Bonchev–Trinajstić information content (AvgIpc) is 2.62. The first kappa shape index (κ1) is 8.74. The first-order valence-electron chi connectivity index (χ1n) is 4.22. The Balaban J connectivity index is 2.32. The van der Waals surface area contributed by atoms with E-state index in [9.17, 15) is 4.79 Å². The van der Waals surface area contributed by atoms with Gasteiger partial charge in [0.15, 0.2) is 5.58 Å². The minimum atomic E-state index is -0.324. The molecule has 0 radical (unpaired) electrons. The number of fused-ring (bicyclic) bond motifs is 1. The predicted octanol–water partition coefficient (Wildman–Crippen LogP) is 1.89. The van der Waals surface area contributed by atoms with Gasteiger partial charge in [-0.2, -0.15) is 0 Å². The number of nitrogens with zero attached hydrogens (tertiary/aromatic N) is 1. The summed E-state index contributed by atoms with van der Waals surface area (Å²) in [5, 5.41) is 0.960. The summed E-state index contributed by atoms with van der Waals surface area (Å²) in [6.45, 7) is 1.52. The largest absolute Gasteiger partial charge is 0.462 e. The fraction of sp³-hybridized carbons (Fsp3) is 0.200. The number of hydrogen-bond acceptors (Lipinski definition) is 4. The minimum Gasteiger partial charge on any atom is -0.462 e. The Kier molecular flexibility index (Phi) is 2.18. The minimum absolute atomic E-state index is 0.153. The van der Waals surface area contributed by atoms with Gasteiger partial charge in [-0.05, 0) is 12.1 Å². The van der Waals surface area contributed by atoms with E-state index in [0.29, 0.717) is 11.3 Å². The number of furan rings is 1. The van der Waals surface area contributed by atoms with E-state index in [-0.39, 0.29) is 12.6 Å². The number of ether oxygens (including phenoxy) is 1. The molecule has 4 nitrogen and oxygen atoms in total. The van der Waals surface area contributed by atoms with Gasteiger partial charge in [-0.25, -0.2) is 0 Å². The van der Waals surface area contributed by atoms with E-state index in [0.717, 1.165) is 5.39 Å². The van der Waals surface area contributed by atoms with Crippen molar-refractivity contribution in [1.29, 1.82) is 0 Å². The van der Waals surface area contributed by atoms with Gasteiger partial charge in [0.1, 0.15) is 12.3 Å². The van der Waals surface area contributed by atoms with E-state index in [1.54, 1.807) is 12.5 Å². The molecule has 0 saturated carbocycles. The van der Waals surface area contributed by atoms with Crippen LogP contribution in [0.15, 0.2) is 29.0 Å². The predicted molar refractivity (Wildman–Crippen MR) is 49.5 cm³/mol. The highest BCUT2D eigenvalue weighted by molar-refractivity contribution is 5.78. The third kappa shape index (κ3) is 1.59. The fourth-order valence-corrected chi connectivity index (χ4v) is 1.22. The molecule has 0 spiro atoms. The standard InChI is InChI=1S/C10H9NO3/c1-7(12)14-6-9-10-8(2-4-11-9)3-5-13-10/h2-5H,6H2,1H3. The summed E-state index contributed by atoms with van der Waals surface area (Å²) in [6.07, 6.45) is 3.25. The lowest BCUT2D eigenvalue weighted by Gasteiger charge is -2.00. The van der Waals surface area contributed by atoms with E-state index in [4.69, 9.17) is 9.15 Å². The highest BCUT2D eigenvalue weighted by Crippen LogP contribution is 2.18. The van der Waals surface area contributed by atoms with E-state index >= 15 is 0 Å². The zero-order chi connectivity index (χ0) is 9.97. The summed E-state index contributed by atoms with van der Waals surface area (Å²) in [4.78, 5) is 14.7. The normalized spacial score (nSPS) is 10.4. The fourth-order valence-electron chi connectivity index (χ4n) is 1.22. The molecule has 0 aliphatic rings. The van der Waals surface area contributed by atoms with E-state index in [2.05, 4.69) is 4.98 Å². The highest BCUT2D eigenvalue weighted by atomic mass is 16.5. The molecule has 0 aliphatic heterocycles. The molecule has 14 heavy (non-hydrogen) atoms. The van der Waals surface area contributed by atoms with Crippen molar-refractivity contribution in [3.63, 3.8) is 0 Å². The van der Waals surface area contributed by atoms with Gasteiger partial charge >= 0.3 is 5.97 Å². The first-order chi connectivity index (χ1) is 6.77. The van der Waals surface area contributed by atoms with Crippen LogP contribution in [0.1, 0.15) is 12.6 Å². The molecule has 0 unspecified atom stereocenters. The Morgan fingerprint density at radius 2 is 2.43 bits per heavy atom. The number of rotatable bonds is 2. The van der Waals surface area contributed by atoms with Gasteiger partial charge in [0.05, 0.1) is 6.26 Å². The quantitative estimate of drug-likeness (QED) is 0.680. The van der Waals surface area contributed by atoms with Gasteiger partial charge in [-0.3, -0.25) is 9.78 Å². The van der Waals surface area contributed by atoms with Crippen molar-refractivity contribution < 1.29 is 13.9 Å². The summed E-state index contributed by atoms with van der Waals surface area (Å²) in [7, 11) is 0. The number of aromatic nitrogens is 1.